The lowest BCUT2D eigenvalue weighted by molar-refractivity contribution is -0.118. The number of carbonyl (C=O) groups is 1. The number of halogens is 1. The van der Waals surface area contributed by atoms with Gasteiger partial charge in [0, 0.05) is 23.6 Å². The summed E-state index contributed by atoms with van der Waals surface area (Å²) in [5.74, 6) is 1.03. The third kappa shape index (κ3) is 3.95. The topological polar surface area (TPSA) is 59.8 Å². The number of thioether (sulfide) groups is 1. The lowest BCUT2D eigenvalue weighted by Crippen LogP contribution is -2.20. The van der Waals surface area contributed by atoms with Crippen molar-refractivity contribution in [1.29, 1.82) is 0 Å². The van der Waals surface area contributed by atoms with Crippen molar-refractivity contribution in [2.24, 2.45) is 0 Å². The van der Waals surface area contributed by atoms with Crippen molar-refractivity contribution < 1.29 is 4.79 Å². The van der Waals surface area contributed by atoms with Crippen LogP contribution in [-0.2, 0) is 11.3 Å². The summed E-state index contributed by atoms with van der Waals surface area (Å²) < 4.78 is 2.96. The molecule has 0 fully saturated rings. The van der Waals surface area contributed by atoms with E-state index in [1.54, 1.807) is 13.1 Å². The van der Waals surface area contributed by atoms with Gasteiger partial charge in [0.05, 0.1) is 5.75 Å². The van der Waals surface area contributed by atoms with Crippen LogP contribution < -0.4 is 5.32 Å². The van der Waals surface area contributed by atoms with Gasteiger partial charge >= 0.3 is 0 Å². The van der Waals surface area contributed by atoms with Crippen LogP contribution in [0.5, 0.6) is 0 Å². The van der Waals surface area contributed by atoms with Gasteiger partial charge in [-0.15, -0.1) is 16.8 Å². The predicted octanol–water partition coefficient (Wildman–Crippen LogP) is 2.73. The Labute approximate surface area is 136 Å². The van der Waals surface area contributed by atoms with Crippen molar-refractivity contribution in [3.63, 3.8) is 0 Å². The van der Waals surface area contributed by atoms with Gasteiger partial charge in [0.25, 0.3) is 0 Å². The highest BCUT2D eigenvalue weighted by Gasteiger charge is 2.14. The first-order valence-electron chi connectivity index (χ1n) is 6.29. The fourth-order valence-corrected chi connectivity index (χ4v) is 2.79. The summed E-state index contributed by atoms with van der Waals surface area (Å²) in [4.78, 5) is 11.4. The zero-order valence-electron chi connectivity index (χ0n) is 11.5. The van der Waals surface area contributed by atoms with Crippen LogP contribution in [0.4, 0.5) is 0 Å². The smallest absolute Gasteiger partial charge is 0.230 e. The normalized spacial score (nSPS) is 10.4. The number of hydrogen-bond acceptors (Lipinski definition) is 4. The molecule has 2 rings (SSSR count). The van der Waals surface area contributed by atoms with Crippen LogP contribution in [0.2, 0.25) is 0 Å². The van der Waals surface area contributed by atoms with E-state index in [0.717, 1.165) is 15.9 Å². The van der Waals surface area contributed by atoms with E-state index in [9.17, 15) is 4.79 Å². The van der Waals surface area contributed by atoms with Crippen molar-refractivity contribution in [3.8, 4) is 11.4 Å². The van der Waals surface area contributed by atoms with Crippen LogP contribution in [-0.4, -0.2) is 33.5 Å². The number of allylic oxidation sites excluding steroid dienone is 1. The Morgan fingerprint density at radius 2 is 2.14 bits per heavy atom. The SMILES string of the molecule is C=CCn1c(SCC(=O)NC)nnc1-c1ccc(Br)cc1. The first-order valence-corrected chi connectivity index (χ1v) is 8.07. The molecule has 0 aliphatic carbocycles. The summed E-state index contributed by atoms with van der Waals surface area (Å²) in [6, 6.07) is 7.86. The van der Waals surface area contributed by atoms with Gasteiger partial charge in [-0.25, -0.2) is 0 Å². The largest absolute Gasteiger partial charge is 0.358 e. The second-order valence-electron chi connectivity index (χ2n) is 4.17. The van der Waals surface area contributed by atoms with Gasteiger partial charge in [-0.2, -0.15) is 0 Å². The maximum Gasteiger partial charge on any atom is 0.230 e. The summed E-state index contributed by atoms with van der Waals surface area (Å²) in [7, 11) is 1.62. The van der Waals surface area contributed by atoms with Gasteiger partial charge in [0.2, 0.25) is 5.91 Å². The number of nitrogens with one attached hydrogen (secondary N) is 1. The molecule has 0 aliphatic rings. The number of carbonyl (C=O) groups excluding carboxylic acids is 1. The molecule has 1 aromatic carbocycles. The zero-order valence-corrected chi connectivity index (χ0v) is 13.9. The molecule has 21 heavy (non-hydrogen) atoms. The van der Waals surface area contributed by atoms with Crippen LogP contribution in [0, 0.1) is 0 Å². The van der Waals surface area contributed by atoms with Gasteiger partial charge < -0.3 is 5.32 Å². The summed E-state index contributed by atoms with van der Waals surface area (Å²) in [5.41, 5.74) is 0.972. The molecule has 1 amide bonds. The Hall–Kier alpha value is -1.60. The van der Waals surface area contributed by atoms with E-state index in [2.05, 4.69) is 38.0 Å². The summed E-state index contributed by atoms with van der Waals surface area (Å²) in [6.45, 7) is 4.36. The van der Waals surface area contributed by atoms with Gasteiger partial charge in [-0.1, -0.05) is 45.9 Å². The predicted molar refractivity (Wildman–Crippen MR) is 88.1 cm³/mol. The molecular formula is C14H15BrN4OS. The highest BCUT2D eigenvalue weighted by molar-refractivity contribution is 9.10. The quantitative estimate of drug-likeness (QED) is 0.630. The molecule has 0 radical (unpaired) electrons. The fraction of sp³-hybridized carbons (Fsp3) is 0.214. The molecule has 2 aromatic rings. The van der Waals surface area contributed by atoms with E-state index in [4.69, 9.17) is 0 Å². The standard InChI is InChI=1S/C14H15BrN4OS/c1-3-8-19-13(10-4-6-11(15)7-5-10)17-18-14(19)21-9-12(20)16-2/h3-7H,1,8-9H2,2H3,(H,16,20). The first kappa shape index (κ1) is 15.8. The molecule has 1 heterocycles. The van der Waals surface area contributed by atoms with E-state index >= 15 is 0 Å². The van der Waals surface area contributed by atoms with Crippen molar-refractivity contribution in [1.82, 2.24) is 20.1 Å². The van der Waals surface area contributed by atoms with Crippen LogP contribution in [0.3, 0.4) is 0 Å². The average Bonchev–Trinajstić information content (AvgIpc) is 2.89. The molecule has 110 valence electrons. The molecule has 0 saturated carbocycles. The van der Waals surface area contributed by atoms with Gasteiger partial charge in [0.15, 0.2) is 11.0 Å². The number of aromatic nitrogens is 3. The molecule has 1 aromatic heterocycles. The molecule has 0 aliphatic heterocycles. The Balaban J connectivity index is 2.29. The number of hydrogen-bond donors (Lipinski definition) is 1. The summed E-state index contributed by atoms with van der Waals surface area (Å²) in [6.07, 6.45) is 1.79. The molecule has 0 bridgehead atoms. The maximum atomic E-state index is 11.4. The second-order valence-corrected chi connectivity index (χ2v) is 6.03. The van der Waals surface area contributed by atoms with E-state index in [0.29, 0.717) is 17.5 Å². The number of rotatable bonds is 6. The van der Waals surface area contributed by atoms with E-state index in [1.807, 2.05) is 28.8 Å². The molecule has 0 spiro atoms. The molecule has 0 atom stereocenters. The monoisotopic (exact) mass is 366 g/mol. The maximum absolute atomic E-state index is 11.4. The Kier molecular flexibility index (Phi) is 5.58. The van der Waals surface area contributed by atoms with Crippen molar-refractivity contribution >= 4 is 33.6 Å². The van der Waals surface area contributed by atoms with E-state index in [-0.39, 0.29) is 5.91 Å². The molecular weight excluding hydrogens is 352 g/mol. The highest BCUT2D eigenvalue weighted by Crippen LogP contribution is 2.25. The van der Waals surface area contributed by atoms with Crippen molar-refractivity contribution in [3.05, 3.63) is 41.4 Å². The molecule has 5 nitrogen and oxygen atoms in total. The highest BCUT2D eigenvalue weighted by atomic mass is 79.9. The van der Waals surface area contributed by atoms with Crippen molar-refractivity contribution in [2.45, 2.75) is 11.7 Å². The van der Waals surface area contributed by atoms with E-state index < -0.39 is 0 Å². The van der Waals surface area contributed by atoms with Crippen molar-refractivity contribution in [2.75, 3.05) is 12.8 Å². The average molecular weight is 367 g/mol. The number of benzene rings is 1. The minimum Gasteiger partial charge on any atom is -0.358 e. The van der Waals surface area contributed by atoms with Gasteiger partial charge in [-0.05, 0) is 12.1 Å². The molecule has 0 saturated heterocycles. The van der Waals surface area contributed by atoms with Crippen LogP contribution in [0.1, 0.15) is 0 Å². The zero-order chi connectivity index (χ0) is 15.2. The minimum atomic E-state index is -0.0432. The molecule has 7 heteroatoms. The molecule has 0 unspecified atom stereocenters. The van der Waals surface area contributed by atoms with Crippen LogP contribution >= 0.6 is 27.7 Å². The van der Waals surface area contributed by atoms with Gasteiger partial charge in [0.1, 0.15) is 0 Å². The molecule has 1 N–H and O–H groups in total. The summed E-state index contributed by atoms with van der Waals surface area (Å²) in [5, 5.41) is 11.7. The second kappa shape index (κ2) is 7.42. The first-order chi connectivity index (χ1) is 10.2. The number of nitrogens with zero attached hydrogens (tertiary/aromatic N) is 3. The Morgan fingerprint density at radius 3 is 2.76 bits per heavy atom. The lowest BCUT2D eigenvalue weighted by atomic mass is 10.2. The Bertz CT molecular complexity index is 639. The van der Waals surface area contributed by atoms with Crippen LogP contribution in [0.15, 0.2) is 46.5 Å². The third-order valence-electron chi connectivity index (χ3n) is 2.74. The lowest BCUT2D eigenvalue weighted by Gasteiger charge is -2.07. The van der Waals surface area contributed by atoms with Gasteiger partial charge in [-0.3, -0.25) is 9.36 Å². The minimum absolute atomic E-state index is 0.0432. The number of amides is 1. The fourth-order valence-electron chi connectivity index (χ4n) is 1.70. The van der Waals surface area contributed by atoms with E-state index in [1.165, 1.54) is 11.8 Å². The van der Waals surface area contributed by atoms with Crippen LogP contribution in [0.25, 0.3) is 11.4 Å². The Morgan fingerprint density at radius 1 is 1.43 bits per heavy atom. The third-order valence-corrected chi connectivity index (χ3v) is 4.24. The summed E-state index contributed by atoms with van der Waals surface area (Å²) >= 11 is 4.77.